The van der Waals surface area contributed by atoms with E-state index >= 15 is 0 Å². The number of ether oxygens (including phenoxy) is 2. The number of carbonyl (C=O) groups excluding carboxylic acids is 5. The molecule has 1 aromatic carbocycles. The molecule has 268 valence electrons. The number of hydrogen-bond donors (Lipinski definition) is 2. The van der Waals surface area contributed by atoms with E-state index in [0.29, 0.717) is 23.5 Å². The number of fused-ring (bicyclic) bond motifs is 2. The van der Waals surface area contributed by atoms with Gasteiger partial charge in [-0.05, 0) is 39.7 Å². The molecule has 2 N–H and O–H groups in total. The predicted molar refractivity (Wildman–Crippen MR) is 183 cm³/mol. The first-order valence-electron chi connectivity index (χ1n) is 15.7. The van der Waals surface area contributed by atoms with Crippen molar-refractivity contribution in [2.45, 2.75) is 91.2 Å². The van der Waals surface area contributed by atoms with Crippen molar-refractivity contribution in [3.8, 4) is 0 Å². The maximum atomic E-state index is 13.4. The van der Waals surface area contributed by atoms with Crippen molar-refractivity contribution in [1.29, 1.82) is 0 Å². The fraction of sp³-hybridized carbons (Fsp3) is 0.613. The van der Waals surface area contributed by atoms with E-state index in [9.17, 15) is 42.3 Å². The lowest BCUT2D eigenvalue weighted by Gasteiger charge is -2.44. The second-order valence-corrected chi connectivity index (χ2v) is 20.3. The van der Waals surface area contributed by atoms with Gasteiger partial charge in [0.2, 0.25) is 17.7 Å². The molecule has 2 unspecified atom stereocenters. The van der Waals surface area contributed by atoms with Crippen molar-refractivity contribution in [2.75, 3.05) is 24.7 Å². The fourth-order valence-corrected chi connectivity index (χ4v) is 12.2. The number of nitrogens with one attached hydrogen (secondary N) is 1. The van der Waals surface area contributed by atoms with Gasteiger partial charge in [0.1, 0.15) is 35.5 Å². The summed E-state index contributed by atoms with van der Waals surface area (Å²) in [5.74, 6) is -3.67. The van der Waals surface area contributed by atoms with Gasteiger partial charge in [-0.15, -0.1) is 11.8 Å². The minimum atomic E-state index is -3.68. The van der Waals surface area contributed by atoms with E-state index < -0.39 is 83.8 Å². The molecule has 6 atom stereocenters. The number of rotatable bonds is 15. The summed E-state index contributed by atoms with van der Waals surface area (Å²) in [6.45, 7) is 6.53. The predicted octanol–water partition coefficient (Wildman–Crippen LogP) is 1.78. The van der Waals surface area contributed by atoms with Gasteiger partial charge >= 0.3 is 17.9 Å². The van der Waals surface area contributed by atoms with Crippen LogP contribution in [-0.2, 0) is 48.1 Å². The van der Waals surface area contributed by atoms with Crippen molar-refractivity contribution in [3.63, 3.8) is 0 Å². The van der Waals surface area contributed by atoms with Crippen molar-refractivity contribution < 1.29 is 51.8 Å². The van der Waals surface area contributed by atoms with E-state index in [0.717, 1.165) is 4.90 Å². The number of carboxylic acid groups (broad SMARTS) is 1. The van der Waals surface area contributed by atoms with Gasteiger partial charge < -0.3 is 29.7 Å². The molecule has 4 fully saturated rings. The number of thioether (sulfide) groups is 1. The molecule has 5 rings (SSSR count). The zero-order valence-electron chi connectivity index (χ0n) is 27.4. The first-order valence-corrected chi connectivity index (χ1v) is 20.6. The lowest BCUT2D eigenvalue weighted by Crippen LogP contribution is -2.70. The maximum Gasteiger partial charge on any atom is 0.330 e. The van der Waals surface area contributed by atoms with Gasteiger partial charge in [0.15, 0.2) is 9.84 Å². The SMILES string of the molecule is CC1(C)S[C@@H]2[C@H](NC(=O)C(CC(=O)OCCSSCCCOC(=O)[C@@H]3N4C(=O)C[C@H]4S(=O)(=O)C3(C)C)c3ccccc3)C(=O)N2C1C(=O)O. The highest BCUT2D eigenvalue weighted by molar-refractivity contribution is 8.76. The largest absolute Gasteiger partial charge is 0.480 e. The molecule has 0 aliphatic carbocycles. The van der Waals surface area contributed by atoms with E-state index in [-0.39, 0.29) is 32.0 Å². The summed E-state index contributed by atoms with van der Waals surface area (Å²) in [6.07, 6.45) is 0.122. The minimum absolute atomic E-state index is 0.0610. The third kappa shape index (κ3) is 7.02. The van der Waals surface area contributed by atoms with Gasteiger partial charge in [-0.1, -0.05) is 51.9 Å². The van der Waals surface area contributed by atoms with Gasteiger partial charge in [0.25, 0.3) is 0 Å². The molecule has 4 aliphatic heterocycles. The van der Waals surface area contributed by atoms with E-state index in [1.54, 1.807) is 44.2 Å². The number of esters is 2. The van der Waals surface area contributed by atoms with Crippen LogP contribution in [0.5, 0.6) is 0 Å². The van der Waals surface area contributed by atoms with Crippen molar-refractivity contribution in [2.24, 2.45) is 0 Å². The Balaban J connectivity index is 1.02. The number of β-lactam (4-membered cyclic amide) rings is 2. The lowest BCUT2D eigenvalue weighted by atomic mass is 9.92. The summed E-state index contributed by atoms with van der Waals surface area (Å²) in [7, 11) is -0.760. The van der Waals surface area contributed by atoms with Crippen LogP contribution in [0.4, 0.5) is 0 Å². The zero-order chi connectivity index (χ0) is 35.9. The molecule has 0 saturated carbocycles. The standard InChI is InChI=1S/C31H39N3O11S4/c1-30(2)23(28(39)40)34-26(38)22(27(34)48-30)32-25(37)18(17-9-6-5-7-10-17)15-21(36)44-12-14-47-46-13-8-11-45-29(41)24-31(3,4)49(42,43)20-16-19(35)33(20)24/h5-7,9-10,18,20,22-24,27H,8,11-16H2,1-4H3,(H,32,37)(H,39,40)/t18?,20-,22-,23?,24+,27-/m1/s1. The van der Waals surface area contributed by atoms with Gasteiger partial charge in [0.05, 0.1) is 30.1 Å². The number of carboxylic acids is 1. The van der Waals surface area contributed by atoms with Crippen LogP contribution in [0.15, 0.2) is 30.3 Å². The Kier molecular flexibility index (Phi) is 10.9. The zero-order valence-corrected chi connectivity index (χ0v) is 30.6. The topological polar surface area (TPSA) is 194 Å². The number of hydrogen-bond acceptors (Lipinski definition) is 13. The summed E-state index contributed by atoms with van der Waals surface area (Å²) in [4.78, 5) is 78.0. The molecule has 4 heterocycles. The lowest BCUT2D eigenvalue weighted by molar-refractivity contribution is -0.161. The second kappa shape index (κ2) is 14.3. The molecule has 4 aliphatic rings. The Labute approximate surface area is 296 Å². The van der Waals surface area contributed by atoms with E-state index in [4.69, 9.17) is 9.47 Å². The van der Waals surface area contributed by atoms with E-state index in [1.165, 1.54) is 52.1 Å². The molecule has 0 radical (unpaired) electrons. The van der Waals surface area contributed by atoms with Crippen LogP contribution in [0.2, 0.25) is 0 Å². The minimum Gasteiger partial charge on any atom is -0.480 e. The molecule has 0 aromatic heterocycles. The Morgan fingerprint density at radius 3 is 2.33 bits per heavy atom. The van der Waals surface area contributed by atoms with Gasteiger partial charge in [-0.3, -0.25) is 19.2 Å². The molecule has 3 amide bonds. The molecule has 49 heavy (non-hydrogen) atoms. The summed E-state index contributed by atoms with van der Waals surface area (Å²) in [6, 6.07) is 5.60. The average molecular weight is 758 g/mol. The molecule has 4 saturated heterocycles. The third-order valence-corrected chi connectivity index (χ3v) is 16.0. The van der Waals surface area contributed by atoms with Crippen molar-refractivity contribution in [1.82, 2.24) is 15.1 Å². The Hall–Kier alpha value is -2.96. The number of nitrogens with zero attached hydrogens (tertiary/aromatic N) is 2. The summed E-state index contributed by atoms with van der Waals surface area (Å²) in [5.41, 5.74) is 0.573. The Morgan fingerprint density at radius 2 is 1.67 bits per heavy atom. The molecular weight excluding hydrogens is 719 g/mol. The van der Waals surface area contributed by atoms with Gasteiger partial charge in [0, 0.05) is 16.3 Å². The number of amides is 3. The van der Waals surface area contributed by atoms with E-state index in [1.807, 2.05) is 0 Å². The quantitative estimate of drug-likeness (QED) is 0.114. The number of aliphatic carboxylic acids is 1. The molecule has 14 nitrogen and oxygen atoms in total. The van der Waals surface area contributed by atoms with Crippen LogP contribution in [0.3, 0.4) is 0 Å². The highest BCUT2D eigenvalue weighted by Crippen LogP contribution is 2.51. The first-order chi connectivity index (χ1) is 23.0. The van der Waals surface area contributed by atoms with Crippen LogP contribution in [0.25, 0.3) is 0 Å². The number of sulfone groups is 1. The summed E-state index contributed by atoms with van der Waals surface area (Å²) < 4.78 is 33.9. The Bertz CT molecular complexity index is 1620. The molecule has 0 bridgehead atoms. The van der Waals surface area contributed by atoms with Gasteiger partial charge in [-0.2, -0.15) is 0 Å². The van der Waals surface area contributed by atoms with Crippen molar-refractivity contribution in [3.05, 3.63) is 35.9 Å². The third-order valence-electron chi connectivity index (χ3n) is 9.19. The highest BCUT2D eigenvalue weighted by Gasteiger charge is 2.68. The summed E-state index contributed by atoms with van der Waals surface area (Å²) >= 11 is 1.32. The van der Waals surface area contributed by atoms with Crippen LogP contribution < -0.4 is 5.32 Å². The van der Waals surface area contributed by atoms with Gasteiger partial charge in [-0.25, -0.2) is 18.0 Å². The van der Waals surface area contributed by atoms with Crippen LogP contribution in [-0.4, -0.2) is 122 Å². The van der Waals surface area contributed by atoms with Crippen LogP contribution >= 0.6 is 33.3 Å². The molecule has 18 heteroatoms. The van der Waals surface area contributed by atoms with E-state index in [2.05, 4.69) is 5.32 Å². The first kappa shape index (κ1) is 37.3. The molecular formula is C31H39N3O11S4. The Morgan fingerprint density at radius 1 is 1.00 bits per heavy atom. The van der Waals surface area contributed by atoms with Crippen molar-refractivity contribution >= 4 is 78.8 Å². The molecule has 0 spiro atoms. The maximum absolute atomic E-state index is 13.4. The average Bonchev–Trinajstić information content (AvgIpc) is 3.36. The number of carbonyl (C=O) groups is 6. The smallest absolute Gasteiger partial charge is 0.330 e. The van der Waals surface area contributed by atoms with Crippen LogP contribution in [0, 0.1) is 0 Å². The second-order valence-electron chi connectivity index (χ2n) is 13.1. The highest BCUT2D eigenvalue weighted by atomic mass is 33.1. The number of benzene rings is 1. The normalized spacial score (nSPS) is 27.6. The fourth-order valence-electron chi connectivity index (χ4n) is 6.56. The van der Waals surface area contributed by atoms with Crippen LogP contribution in [0.1, 0.15) is 58.4 Å². The molecule has 1 aromatic rings. The monoisotopic (exact) mass is 757 g/mol. The summed E-state index contributed by atoms with van der Waals surface area (Å²) in [5, 5.41) is 10.9.